The average molecular weight is 415 g/mol. The van der Waals surface area contributed by atoms with Crippen LogP contribution >= 0.6 is 0 Å². The van der Waals surface area contributed by atoms with Crippen molar-refractivity contribution >= 4 is 23.4 Å². The van der Waals surface area contributed by atoms with Crippen LogP contribution in [-0.2, 0) is 4.79 Å². The molecule has 2 atom stereocenters. The maximum Gasteiger partial charge on any atom is 0.412 e. The summed E-state index contributed by atoms with van der Waals surface area (Å²) in [5, 5.41) is 12.5. The second-order valence-electron chi connectivity index (χ2n) is 8.06. The van der Waals surface area contributed by atoms with E-state index in [4.69, 9.17) is 10.5 Å². The van der Waals surface area contributed by atoms with Crippen LogP contribution in [0.4, 0.5) is 29.3 Å². The Hall–Kier alpha value is -2.65. The molecule has 0 bridgehead atoms. The van der Waals surface area contributed by atoms with Gasteiger partial charge in [0.05, 0.1) is 17.9 Å². The van der Waals surface area contributed by atoms with Crippen molar-refractivity contribution in [1.82, 2.24) is 0 Å². The summed E-state index contributed by atoms with van der Waals surface area (Å²) >= 11 is 0. The number of carbonyl (C=O) groups excluding carboxylic acids is 1. The van der Waals surface area contributed by atoms with Crippen molar-refractivity contribution in [3.63, 3.8) is 0 Å². The van der Waals surface area contributed by atoms with Gasteiger partial charge in [-0.2, -0.15) is 13.2 Å². The number of hydrogen-bond acceptors (Lipinski definition) is 4. The summed E-state index contributed by atoms with van der Waals surface area (Å²) in [6.07, 6.45) is -4.40. The number of ether oxygens (including phenoxy) is 1. The Kier molecular flexibility index (Phi) is 5.31. The van der Waals surface area contributed by atoms with Crippen LogP contribution in [0.1, 0.15) is 33.1 Å². The molecule has 1 aromatic carbocycles. The molecule has 29 heavy (non-hydrogen) atoms. The maximum absolute atomic E-state index is 13.4. The van der Waals surface area contributed by atoms with Crippen LogP contribution in [0.2, 0.25) is 0 Å². The Labute approximate surface area is 166 Å². The predicted octanol–water partition coefficient (Wildman–Crippen LogP) is 3.59. The summed E-state index contributed by atoms with van der Waals surface area (Å²) in [6, 6.07) is 4.03. The Balaban J connectivity index is 1.80. The van der Waals surface area contributed by atoms with Crippen molar-refractivity contribution in [2.75, 3.05) is 16.8 Å². The molecule has 7 nitrogen and oxygen atoms in total. The lowest BCUT2D eigenvalue weighted by Crippen LogP contribution is -2.57. The standard InChI is InChI=1S/C19H24F3N3O4/c1-18(2,19(20,21)22)25(17(27)28)11-5-6-15-14(7-11)24-9-12(29-15)8-13(16(23)26)10-3-4-10/h5-7,10,12-13,24H,3-4,8-9H2,1-2H3,(H2,23,26)(H,27,28)/t12-,13-/m0/s1. The molecular formula is C19H24F3N3O4. The highest BCUT2D eigenvalue weighted by Crippen LogP contribution is 2.43. The summed E-state index contributed by atoms with van der Waals surface area (Å²) in [4.78, 5) is 23.5. The Morgan fingerprint density at radius 1 is 1.34 bits per heavy atom. The lowest BCUT2D eigenvalue weighted by Gasteiger charge is -2.38. The van der Waals surface area contributed by atoms with Crippen LogP contribution in [-0.4, -0.2) is 41.5 Å². The van der Waals surface area contributed by atoms with Crippen molar-refractivity contribution in [1.29, 1.82) is 0 Å². The van der Waals surface area contributed by atoms with Crippen LogP contribution in [0.5, 0.6) is 5.75 Å². The van der Waals surface area contributed by atoms with Gasteiger partial charge in [0.1, 0.15) is 17.4 Å². The van der Waals surface area contributed by atoms with Gasteiger partial charge in [-0.3, -0.25) is 9.69 Å². The Bertz CT molecular complexity index is 808. The largest absolute Gasteiger partial charge is 0.486 e. The van der Waals surface area contributed by atoms with E-state index in [1.54, 1.807) is 0 Å². The first-order valence-corrected chi connectivity index (χ1v) is 9.35. The maximum atomic E-state index is 13.4. The number of halogens is 3. The van der Waals surface area contributed by atoms with Crippen molar-refractivity contribution in [3.05, 3.63) is 18.2 Å². The SMILES string of the molecule is CC(C)(N(C(=O)O)c1ccc2c(c1)NC[C@H](C[C@H](C(N)=O)C1CC1)O2)C(F)(F)F. The van der Waals surface area contributed by atoms with Crippen molar-refractivity contribution in [3.8, 4) is 5.75 Å². The molecule has 1 heterocycles. The highest BCUT2D eigenvalue weighted by Gasteiger charge is 2.54. The second-order valence-corrected chi connectivity index (χ2v) is 8.06. The van der Waals surface area contributed by atoms with Crippen LogP contribution in [0, 0.1) is 11.8 Å². The smallest absolute Gasteiger partial charge is 0.412 e. The number of nitrogens with two attached hydrogens (primary N) is 1. The number of primary amides is 1. The van der Waals surface area contributed by atoms with Crippen LogP contribution in [0.25, 0.3) is 0 Å². The molecule has 3 rings (SSSR count). The minimum Gasteiger partial charge on any atom is -0.486 e. The molecule has 1 aromatic rings. The summed E-state index contributed by atoms with van der Waals surface area (Å²) in [5.74, 6) is 0.0502. The zero-order chi connectivity index (χ0) is 21.6. The molecule has 1 aliphatic carbocycles. The molecular weight excluding hydrogens is 391 g/mol. The first kappa shape index (κ1) is 21.1. The number of carbonyl (C=O) groups is 2. The molecule has 0 unspecified atom stereocenters. The van der Waals surface area contributed by atoms with E-state index in [1.807, 2.05) is 0 Å². The van der Waals surface area contributed by atoms with Gasteiger partial charge >= 0.3 is 12.3 Å². The summed E-state index contributed by atoms with van der Waals surface area (Å²) in [6.45, 7) is 1.95. The van der Waals surface area contributed by atoms with Gasteiger partial charge in [0, 0.05) is 5.92 Å². The zero-order valence-electron chi connectivity index (χ0n) is 16.1. The monoisotopic (exact) mass is 415 g/mol. The summed E-state index contributed by atoms with van der Waals surface area (Å²) in [5.41, 5.74) is 3.13. The van der Waals surface area contributed by atoms with E-state index in [2.05, 4.69) is 5.32 Å². The molecule has 0 saturated heterocycles. The third-order valence-electron chi connectivity index (χ3n) is 5.55. The fourth-order valence-electron chi connectivity index (χ4n) is 3.60. The highest BCUT2D eigenvalue weighted by atomic mass is 19.4. The number of carboxylic acid groups (broad SMARTS) is 1. The fourth-order valence-corrected chi connectivity index (χ4v) is 3.60. The molecule has 10 heteroatoms. The number of amides is 2. The van der Waals surface area contributed by atoms with Gasteiger partial charge in [-0.15, -0.1) is 0 Å². The van der Waals surface area contributed by atoms with Crippen molar-refractivity contribution < 1.29 is 32.6 Å². The Morgan fingerprint density at radius 2 is 2.00 bits per heavy atom. The molecule has 160 valence electrons. The van der Waals surface area contributed by atoms with Crippen LogP contribution in [0.3, 0.4) is 0 Å². The average Bonchev–Trinajstić information content (AvgIpc) is 3.42. The number of alkyl halides is 3. The predicted molar refractivity (Wildman–Crippen MR) is 100 cm³/mol. The third kappa shape index (κ3) is 4.20. The van der Waals surface area contributed by atoms with E-state index in [1.165, 1.54) is 18.2 Å². The summed E-state index contributed by atoms with van der Waals surface area (Å²) < 4.78 is 46.1. The summed E-state index contributed by atoms with van der Waals surface area (Å²) in [7, 11) is 0. The second kappa shape index (κ2) is 7.31. The number of anilines is 2. The van der Waals surface area contributed by atoms with Gasteiger partial charge in [-0.1, -0.05) is 0 Å². The topological polar surface area (TPSA) is 105 Å². The minimum absolute atomic E-state index is 0.124. The van der Waals surface area contributed by atoms with Gasteiger partial charge in [-0.05, 0) is 57.2 Å². The molecule has 1 fully saturated rings. The van der Waals surface area contributed by atoms with E-state index in [0.717, 1.165) is 26.7 Å². The van der Waals surface area contributed by atoms with E-state index in [0.29, 0.717) is 24.4 Å². The van der Waals surface area contributed by atoms with Crippen LogP contribution < -0.4 is 20.7 Å². The number of nitrogens with one attached hydrogen (secondary N) is 1. The molecule has 2 amide bonds. The first-order valence-electron chi connectivity index (χ1n) is 9.35. The van der Waals surface area contributed by atoms with E-state index in [-0.39, 0.29) is 34.4 Å². The van der Waals surface area contributed by atoms with Crippen molar-refractivity contribution in [2.45, 2.75) is 50.9 Å². The highest BCUT2D eigenvalue weighted by molar-refractivity contribution is 5.89. The minimum atomic E-state index is -4.76. The van der Waals surface area contributed by atoms with Gasteiger partial charge in [-0.25, -0.2) is 4.79 Å². The van der Waals surface area contributed by atoms with Gasteiger partial charge in [0.25, 0.3) is 0 Å². The molecule has 0 spiro atoms. The molecule has 2 aliphatic rings. The van der Waals surface area contributed by atoms with E-state index < -0.39 is 17.8 Å². The first-order chi connectivity index (χ1) is 13.4. The molecule has 1 aliphatic heterocycles. The van der Waals surface area contributed by atoms with E-state index in [9.17, 15) is 27.9 Å². The zero-order valence-corrected chi connectivity index (χ0v) is 16.1. The number of rotatable bonds is 6. The molecule has 0 radical (unpaired) electrons. The number of benzene rings is 1. The number of nitrogens with zero attached hydrogens (tertiary/aromatic N) is 1. The van der Waals surface area contributed by atoms with Gasteiger partial charge in [0.2, 0.25) is 5.91 Å². The number of hydrogen-bond donors (Lipinski definition) is 3. The van der Waals surface area contributed by atoms with Crippen molar-refractivity contribution in [2.24, 2.45) is 17.6 Å². The van der Waals surface area contributed by atoms with E-state index >= 15 is 0 Å². The normalized spacial score (nSPS) is 20.1. The van der Waals surface area contributed by atoms with Gasteiger partial charge in [0.15, 0.2) is 0 Å². The number of fused-ring (bicyclic) bond motifs is 1. The molecule has 1 saturated carbocycles. The Morgan fingerprint density at radius 3 is 2.52 bits per heavy atom. The molecule has 0 aromatic heterocycles. The molecule has 4 N–H and O–H groups in total. The van der Waals surface area contributed by atoms with Gasteiger partial charge < -0.3 is 20.9 Å². The van der Waals surface area contributed by atoms with Crippen LogP contribution in [0.15, 0.2) is 18.2 Å². The third-order valence-corrected chi connectivity index (χ3v) is 5.55. The lowest BCUT2D eigenvalue weighted by atomic mass is 9.95. The quantitative estimate of drug-likeness (QED) is 0.659. The lowest BCUT2D eigenvalue weighted by molar-refractivity contribution is -0.175. The fraction of sp³-hybridized carbons (Fsp3) is 0.579.